The molecule has 0 atom stereocenters. The second-order valence-corrected chi connectivity index (χ2v) is 5.02. The van der Waals surface area contributed by atoms with Crippen LogP contribution in [0, 0.1) is 0 Å². The van der Waals surface area contributed by atoms with Crippen molar-refractivity contribution in [2.24, 2.45) is 0 Å². The topological polar surface area (TPSA) is 39.7 Å². The Labute approximate surface area is 129 Å². The number of ether oxygens (including phenoxy) is 3. The molecule has 0 unspecified atom stereocenters. The van der Waals surface area contributed by atoms with Gasteiger partial charge in [0.1, 0.15) is 0 Å². The van der Waals surface area contributed by atoms with Gasteiger partial charge in [-0.15, -0.1) is 6.58 Å². The fourth-order valence-electron chi connectivity index (χ4n) is 1.67. The van der Waals surface area contributed by atoms with E-state index in [1.165, 1.54) is 0 Å². The monoisotopic (exact) mass is 343 g/mol. The van der Waals surface area contributed by atoms with Crippen molar-refractivity contribution in [2.45, 2.75) is 13.0 Å². The third-order valence-corrected chi connectivity index (χ3v) is 3.50. The van der Waals surface area contributed by atoms with E-state index in [1.54, 1.807) is 14.2 Å². The maximum atomic E-state index is 5.43. The largest absolute Gasteiger partial charge is 0.493 e. The van der Waals surface area contributed by atoms with Crippen LogP contribution in [0.15, 0.2) is 29.3 Å². The van der Waals surface area contributed by atoms with E-state index >= 15 is 0 Å². The Balaban J connectivity index is 2.41. The van der Waals surface area contributed by atoms with Crippen molar-refractivity contribution in [3.63, 3.8) is 0 Å². The van der Waals surface area contributed by atoms with E-state index in [0.29, 0.717) is 6.61 Å². The Hall–Kier alpha value is -1.04. The minimum Gasteiger partial charge on any atom is -0.493 e. The summed E-state index contributed by atoms with van der Waals surface area (Å²) in [4.78, 5) is 0. The van der Waals surface area contributed by atoms with E-state index < -0.39 is 0 Å². The highest BCUT2D eigenvalue weighted by Gasteiger charge is 2.09. The highest BCUT2D eigenvalue weighted by molar-refractivity contribution is 9.10. The summed E-state index contributed by atoms with van der Waals surface area (Å²) < 4.78 is 17.0. The lowest BCUT2D eigenvalue weighted by Crippen LogP contribution is -2.19. The molecule has 1 rings (SSSR count). The van der Waals surface area contributed by atoms with Gasteiger partial charge in [0.05, 0.1) is 27.4 Å². The molecule has 0 aliphatic heterocycles. The fourth-order valence-corrected chi connectivity index (χ4v) is 2.13. The van der Waals surface area contributed by atoms with Crippen molar-refractivity contribution in [1.29, 1.82) is 0 Å². The van der Waals surface area contributed by atoms with Gasteiger partial charge < -0.3 is 19.5 Å². The minimum atomic E-state index is 0.693. The number of nitrogens with one attached hydrogen (secondary N) is 1. The van der Waals surface area contributed by atoms with Crippen LogP contribution in [0.2, 0.25) is 0 Å². The van der Waals surface area contributed by atoms with Crippen molar-refractivity contribution in [3.05, 3.63) is 34.8 Å². The molecule has 0 bridgehead atoms. The first-order chi connectivity index (χ1) is 9.72. The van der Waals surface area contributed by atoms with Crippen LogP contribution in [-0.2, 0) is 11.3 Å². The first-order valence-electron chi connectivity index (χ1n) is 6.52. The SMILES string of the molecule is C=CCCOCCNCc1cc(OC)c(OC)cc1Br. The molecule has 4 nitrogen and oxygen atoms in total. The van der Waals surface area contributed by atoms with Crippen LogP contribution in [0.4, 0.5) is 0 Å². The second kappa shape index (κ2) is 9.80. The summed E-state index contributed by atoms with van der Waals surface area (Å²) in [5, 5.41) is 3.33. The number of hydrogen-bond donors (Lipinski definition) is 1. The summed E-state index contributed by atoms with van der Waals surface area (Å²) in [6.07, 6.45) is 2.75. The Kier molecular flexibility index (Phi) is 8.34. The summed E-state index contributed by atoms with van der Waals surface area (Å²) in [5.41, 5.74) is 1.12. The van der Waals surface area contributed by atoms with Crippen LogP contribution in [0.1, 0.15) is 12.0 Å². The average Bonchev–Trinajstić information content (AvgIpc) is 2.47. The van der Waals surface area contributed by atoms with Crippen molar-refractivity contribution >= 4 is 15.9 Å². The summed E-state index contributed by atoms with van der Waals surface area (Å²) >= 11 is 3.54. The number of rotatable bonds is 10. The van der Waals surface area contributed by atoms with Crippen LogP contribution < -0.4 is 14.8 Å². The number of hydrogen-bond acceptors (Lipinski definition) is 4. The molecule has 20 heavy (non-hydrogen) atoms. The molecule has 0 saturated carbocycles. The summed E-state index contributed by atoms with van der Waals surface area (Å²) in [6, 6.07) is 3.88. The highest BCUT2D eigenvalue weighted by Crippen LogP contribution is 2.33. The van der Waals surface area contributed by atoms with Gasteiger partial charge in [-0.3, -0.25) is 0 Å². The maximum absolute atomic E-state index is 5.43. The van der Waals surface area contributed by atoms with E-state index in [1.807, 2.05) is 18.2 Å². The van der Waals surface area contributed by atoms with Crippen LogP contribution in [-0.4, -0.2) is 34.0 Å². The number of halogens is 1. The lowest BCUT2D eigenvalue weighted by Gasteiger charge is -2.12. The fraction of sp³-hybridized carbons (Fsp3) is 0.467. The molecular weight excluding hydrogens is 322 g/mol. The van der Waals surface area contributed by atoms with Gasteiger partial charge in [0.2, 0.25) is 0 Å². The van der Waals surface area contributed by atoms with Crippen LogP contribution in [0.3, 0.4) is 0 Å². The Morgan fingerprint density at radius 2 is 1.90 bits per heavy atom. The lowest BCUT2D eigenvalue weighted by molar-refractivity contribution is 0.140. The molecule has 1 aromatic carbocycles. The summed E-state index contributed by atoms with van der Waals surface area (Å²) in [7, 11) is 3.26. The average molecular weight is 344 g/mol. The summed E-state index contributed by atoms with van der Waals surface area (Å²) in [5.74, 6) is 1.45. The van der Waals surface area contributed by atoms with Gasteiger partial charge in [-0.05, 0) is 24.1 Å². The van der Waals surface area contributed by atoms with Gasteiger partial charge in [0, 0.05) is 17.6 Å². The van der Waals surface area contributed by atoms with Crippen molar-refractivity contribution in [3.8, 4) is 11.5 Å². The summed E-state index contributed by atoms with van der Waals surface area (Å²) in [6.45, 7) is 6.62. The normalized spacial score (nSPS) is 10.3. The van der Waals surface area contributed by atoms with Gasteiger partial charge in [-0.25, -0.2) is 0 Å². The quantitative estimate of drug-likeness (QED) is 0.523. The van der Waals surface area contributed by atoms with Gasteiger partial charge in [0.15, 0.2) is 11.5 Å². The third-order valence-electron chi connectivity index (χ3n) is 2.76. The highest BCUT2D eigenvalue weighted by atomic mass is 79.9. The lowest BCUT2D eigenvalue weighted by atomic mass is 10.2. The van der Waals surface area contributed by atoms with Crippen LogP contribution in [0.25, 0.3) is 0 Å². The Bertz CT molecular complexity index is 424. The smallest absolute Gasteiger partial charge is 0.161 e. The first-order valence-corrected chi connectivity index (χ1v) is 7.32. The number of methoxy groups -OCH3 is 2. The molecule has 0 amide bonds. The first kappa shape index (κ1) is 17.0. The zero-order chi connectivity index (χ0) is 14.8. The van der Waals surface area contributed by atoms with E-state index in [0.717, 1.165) is 47.7 Å². The molecule has 0 aromatic heterocycles. The second-order valence-electron chi connectivity index (χ2n) is 4.17. The molecule has 1 aromatic rings. The van der Waals surface area contributed by atoms with Gasteiger partial charge in [0.25, 0.3) is 0 Å². The Morgan fingerprint density at radius 1 is 1.20 bits per heavy atom. The molecule has 1 N–H and O–H groups in total. The molecule has 0 spiro atoms. The van der Waals surface area contributed by atoms with E-state index in [-0.39, 0.29) is 0 Å². The molecule has 0 fully saturated rings. The van der Waals surface area contributed by atoms with Crippen molar-refractivity contribution < 1.29 is 14.2 Å². The van der Waals surface area contributed by atoms with Gasteiger partial charge in [-0.1, -0.05) is 22.0 Å². The molecule has 0 saturated heterocycles. The van der Waals surface area contributed by atoms with Crippen molar-refractivity contribution in [1.82, 2.24) is 5.32 Å². The standard InChI is InChI=1S/C15H22BrNO3/c1-4-5-7-20-8-6-17-11-12-9-14(18-2)15(19-3)10-13(12)16/h4,9-10,17H,1,5-8,11H2,2-3H3. The molecule has 5 heteroatoms. The van der Waals surface area contributed by atoms with E-state index in [9.17, 15) is 0 Å². The molecule has 0 radical (unpaired) electrons. The van der Waals surface area contributed by atoms with Crippen LogP contribution >= 0.6 is 15.9 Å². The van der Waals surface area contributed by atoms with Gasteiger partial charge >= 0.3 is 0 Å². The molecular formula is C15H22BrNO3. The molecule has 0 heterocycles. The maximum Gasteiger partial charge on any atom is 0.161 e. The van der Waals surface area contributed by atoms with Crippen LogP contribution in [0.5, 0.6) is 11.5 Å². The van der Waals surface area contributed by atoms with Crippen molar-refractivity contribution in [2.75, 3.05) is 34.0 Å². The Morgan fingerprint density at radius 3 is 2.55 bits per heavy atom. The zero-order valence-electron chi connectivity index (χ0n) is 12.1. The third kappa shape index (κ3) is 5.53. The minimum absolute atomic E-state index is 0.693. The van der Waals surface area contributed by atoms with Gasteiger partial charge in [-0.2, -0.15) is 0 Å². The predicted molar refractivity (Wildman–Crippen MR) is 84.6 cm³/mol. The molecule has 112 valence electrons. The molecule has 0 aliphatic rings. The zero-order valence-corrected chi connectivity index (χ0v) is 13.7. The van der Waals surface area contributed by atoms with E-state index in [2.05, 4.69) is 27.8 Å². The predicted octanol–water partition coefficient (Wildman–Crippen LogP) is 3.15. The van der Waals surface area contributed by atoms with E-state index in [4.69, 9.17) is 14.2 Å². The number of benzene rings is 1. The molecule has 0 aliphatic carbocycles.